The Morgan fingerprint density at radius 3 is 2.09 bits per heavy atom. The van der Waals surface area contributed by atoms with Gasteiger partial charge >= 0.3 is 5.97 Å². The standard InChI is InChI=1S/C25H30N2O7/c1-30-20-12-16(15-26-27-24(28)17-8-6-5-7-9-17)10-11-19(20)34-25(29)18-13-21(31-2)23(33-4)22(14-18)32-3/h10-15,17H,5-9H2,1-4H3,(H,27,28)/b26-15+. The maximum absolute atomic E-state index is 12.8. The van der Waals surface area contributed by atoms with Gasteiger partial charge < -0.3 is 23.7 Å². The number of rotatable bonds is 9. The summed E-state index contributed by atoms with van der Waals surface area (Å²) in [6.45, 7) is 0. The van der Waals surface area contributed by atoms with Crippen molar-refractivity contribution in [2.45, 2.75) is 32.1 Å². The van der Waals surface area contributed by atoms with E-state index < -0.39 is 5.97 Å². The zero-order chi connectivity index (χ0) is 24.5. The van der Waals surface area contributed by atoms with Gasteiger partial charge in [-0.2, -0.15) is 5.10 Å². The summed E-state index contributed by atoms with van der Waals surface area (Å²) in [5, 5.41) is 4.06. The first-order valence-electron chi connectivity index (χ1n) is 11.0. The van der Waals surface area contributed by atoms with E-state index in [2.05, 4.69) is 10.5 Å². The molecule has 1 amide bonds. The van der Waals surface area contributed by atoms with E-state index in [-0.39, 0.29) is 23.1 Å². The first-order chi connectivity index (χ1) is 16.5. The van der Waals surface area contributed by atoms with Gasteiger partial charge in [0, 0.05) is 5.92 Å². The Balaban J connectivity index is 1.71. The molecule has 2 aromatic carbocycles. The number of hydrogen-bond acceptors (Lipinski definition) is 8. The highest BCUT2D eigenvalue weighted by Gasteiger charge is 2.21. The molecular weight excluding hydrogens is 440 g/mol. The Labute approximate surface area is 199 Å². The van der Waals surface area contributed by atoms with Crippen molar-refractivity contribution in [2.24, 2.45) is 11.0 Å². The van der Waals surface area contributed by atoms with Crippen molar-refractivity contribution in [3.05, 3.63) is 41.5 Å². The molecule has 1 saturated carbocycles. The fourth-order valence-electron chi connectivity index (χ4n) is 3.83. The zero-order valence-electron chi connectivity index (χ0n) is 19.9. The van der Waals surface area contributed by atoms with Gasteiger partial charge in [0.2, 0.25) is 11.7 Å². The van der Waals surface area contributed by atoms with Crippen molar-refractivity contribution in [1.82, 2.24) is 5.43 Å². The summed E-state index contributed by atoms with van der Waals surface area (Å²) in [7, 11) is 5.88. The number of ether oxygens (including phenoxy) is 5. The molecule has 34 heavy (non-hydrogen) atoms. The number of esters is 1. The molecule has 9 nitrogen and oxygen atoms in total. The maximum atomic E-state index is 12.8. The number of carbonyl (C=O) groups excluding carboxylic acids is 2. The Morgan fingerprint density at radius 2 is 1.50 bits per heavy atom. The molecule has 0 bridgehead atoms. The van der Waals surface area contributed by atoms with E-state index in [4.69, 9.17) is 23.7 Å². The highest BCUT2D eigenvalue weighted by atomic mass is 16.6. The molecule has 0 aromatic heterocycles. The second-order valence-electron chi connectivity index (χ2n) is 7.78. The van der Waals surface area contributed by atoms with E-state index in [1.54, 1.807) is 18.2 Å². The highest BCUT2D eigenvalue weighted by molar-refractivity contribution is 5.93. The lowest BCUT2D eigenvalue weighted by molar-refractivity contribution is -0.125. The molecule has 0 aliphatic heterocycles. The average molecular weight is 471 g/mol. The van der Waals surface area contributed by atoms with Crippen LogP contribution in [0.4, 0.5) is 0 Å². The van der Waals surface area contributed by atoms with E-state index in [1.165, 1.54) is 53.2 Å². The van der Waals surface area contributed by atoms with Crippen LogP contribution in [0.2, 0.25) is 0 Å². The lowest BCUT2D eigenvalue weighted by atomic mass is 9.89. The molecule has 0 atom stereocenters. The van der Waals surface area contributed by atoms with Crippen molar-refractivity contribution >= 4 is 18.1 Å². The van der Waals surface area contributed by atoms with Crippen LogP contribution in [0.25, 0.3) is 0 Å². The number of benzene rings is 2. The molecule has 1 aliphatic carbocycles. The number of hydrazone groups is 1. The summed E-state index contributed by atoms with van der Waals surface area (Å²) in [5.41, 5.74) is 3.50. The fourth-order valence-corrected chi connectivity index (χ4v) is 3.83. The van der Waals surface area contributed by atoms with Crippen molar-refractivity contribution in [1.29, 1.82) is 0 Å². The average Bonchev–Trinajstić information content (AvgIpc) is 2.88. The lowest BCUT2D eigenvalue weighted by Gasteiger charge is -2.19. The first kappa shape index (κ1) is 24.9. The second-order valence-corrected chi connectivity index (χ2v) is 7.78. The fraction of sp³-hybridized carbons (Fsp3) is 0.400. The summed E-state index contributed by atoms with van der Waals surface area (Å²) in [6, 6.07) is 7.97. The van der Waals surface area contributed by atoms with Crippen LogP contribution in [-0.2, 0) is 4.79 Å². The number of nitrogens with one attached hydrogen (secondary N) is 1. The summed E-state index contributed by atoms with van der Waals surface area (Å²) >= 11 is 0. The summed E-state index contributed by atoms with van der Waals surface area (Å²) in [4.78, 5) is 25.0. The monoisotopic (exact) mass is 470 g/mol. The third kappa shape index (κ3) is 5.98. The number of amides is 1. The minimum absolute atomic E-state index is 0.0254. The molecule has 1 aliphatic rings. The number of hydrogen-bond donors (Lipinski definition) is 1. The molecule has 0 unspecified atom stereocenters. The van der Waals surface area contributed by atoms with Crippen LogP contribution < -0.4 is 29.1 Å². The van der Waals surface area contributed by atoms with Crippen LogP contribution in [0.3, 0.4) is 0 Å². The van der Waals surface area contributed by atoms with Gasteiger partial charge in [0.1, 0.15) is 0 Å². The quantitative estimate of drug-likeness (QED) is 0.256. The predicted octanol–water partition coefficient (Wildman–Crippen LogP) is 3.97. The molecule has 1 N–H and O–H groups in total. The topological polar surface area (TPSA) is 105 Å². The number of carbonyl (C=O) groups is 2. The lowest BCUT2D eigenvalue weighted by Crippen LogP contribution is -2.28. The highest BCUT2D eigenvalue weighted by Crippen LogP contribution is 2.38. The number of nitrogens with zero attached hydrogens (tertiary/aromatic N) is 1. The third-order valence-corrected chi connectivity index (χ3v) is 5.66. The molecule has 2 aromatic rings. The molecule has 0 spiro atoms. The minimum Gasteiger partial charge on any atom is -0.493 e. The van der Waals surface area contributed by atoms with Gasteiger partial charge in [-0.15, -0.1) is 0 Å². The van der Waals surface area contributed by atoms with Crippen LogP contribution in [0.5, 0.6) is 28.7 Å². The predicted molar refractivity (Wildman–Crippen MR) is 126 cm³/mol. The maximum Gasteiger partial charge on any atom is 0.343 e. The van der Waals surface area contributed by atoms with E-state index in [1.807, 2.05) is 0 Å². The summed E-state index contributed by atoms with van der Waals surface area (Å²) in [6.07, 6.45) is 6.67. The third-order valence-electron chi connectivity index (χ3n) is 5.66. The molecule has 0 saturated heterocycles. The van der Waals surface area contributed by atoms with E-state index >= 15 is 0 Å². The molecule has 9 heteroatoms. The normalized spacial score (nSPS) is 13.9. The van der Waals surface area contributed by atoms with Gasteiger partial charge in [-0.25, -0.2) is 10.2 Å². The Bertz CT molecular complexity index is 1020. The van der Waals surface area contributed by atoms with Gasteiger partial charge in [0.05, 0.1) is 40.2 Å². The minimum atomic E-state index is -0.626. The Kier molecular flexibility index (Phi) is 8.73. The van der Waals surface area contributed by atoms with Crippen LogP contribution in [0.1, 0.15) is 48.0 Å². The first-order valence-corrected chi connectivity index (χ1v) is 11.0. The van der Waals surface area contributed by atoms with Crippen LogP contribution in [0, 0.1) is 5.92 Å². The van der Waals surface area contributed by atoms with Crippen molar-refractivity contribution < 1.29 is 33.3 Å². The largest absolute Gasteiger partial charge is 0.493 e. The molecule has 0 heterocycles. The van der Waals surface area contributed by atoms with Crippen LogP contribution in [-0.4, -0.2) is 46.5 Å². The smallest absolute Gasteiger partial charge is 0.343 e. The number of methoxy groups -OCH3 is 4. The van der Waals surface area contributed by atoms with E-state index in [0.29, 0.717) is 28.6 Å². The molecule has 182 valence electrons. The zero-order valence-corrected chi connectivity index (χ0v) is 19.9. The van der Waals surface area contributed by atoms with Crippen LogP contribution >= 0.6 is 0 Å². The SMILES string of the molecule is COc1cc(/C=N/NC(=O)C2CCCCC2)ccc1OC(=O)c1cc(OC)c(OC)c(OC)c1. The van der Waals surface area contributed by atoms with Crippen molar-refractivity contribution in [2.75, 3.05) is 28.4 Å². The van der Waals surface area contributed by atoms with Crippen molar-refractivity contribution in [3.8, 4) is 28.7 Å². The molecular formula is C25H30N2O7. The van der Waals surface area contributed by atoms with E-state index in [9.17, 15) is 9.59 Å². The summed E-state index contributed by atoms with van der Waals surface area (Å²) in [5.74, 6) is 0.950. The van der Waals surface area contributed by atoms with Crippen LogP contribution in [0.15, 0.2) is 35.4 Å². The Morgan fingerprint density at radius 1 is 0.853 bits per heavy atom. The van der Waals surface area contributed by atoms with E-state index in [0.717, 1.165) is 25.7 Å². The summed E-state index contributed by atoms with van der Waals surface area (Å²) < 4.78 is 26.8. The molecule has 1 fully saturated rings. The molecule has 0 radical (unpaired) electrons. The second kappa shape index (κ2) is 11.9. The Hall–Kier alpha value is -3.75. The molecule has 3 rings (SSSR count). The van der Waals surface area contributed by atoms with Gasteiger partial charge in [0.15, 0.2) is 23.0 Å². The van der Waals surface area contributed by atoms with Crippen molar-refractivity contribution in [3.63, 3.8) is 0 Å². The van der Waals surface area contributed by atoms with Gasteiger partial charge in [-0.05, 0) is 48.7 Å². The van der Waals surface area contributed by atoms with Gasteiger partial charge in [-0.3, -0.25) is 4.79 Å². The van der Waals surface area contributed by atoms with Gasteiger partial charge in [0.25, 0.3) is 0 Å². The van der Waals surface area contributed by atoms with Gasteiger partial charge in [-0.1, -0.05) is 19.3 Å².